The van der Waals surface area contributed by atoms with Crippen LogP contribution in [-0.4, -0.2) is 28.4 Å². The average molecular weight is 258 g/mol. The molecule has 1 aromatic rings. The van der Waals surface area contributed by atoms with Crippen molar-refractivity contribution < 1.29 is 24.6 Å². The molecule has 0 aromatic carbocycles. The highest BCUT2D eigenvalue weighted by atomic mass is 32.1. The molecule has 0 aliphatic carbocycles. The van der Waals surface area contributed by atoms with E-state index in [1.54, 1.807) is 13.0 Å². The molecule has 0 aliphatic rings. The zero-order chi connectivity index (χ0) is 13.4. The Hall–Kier alpha value is -1.69. The summed E-state index contributed by atoms with van der Waals surface area (Å²) in [5, 5.41) is 16.3. The average Bonchev–Trinajstić information content (AvgIpc) is 2.72. The monoisotopic (exact) mass is 258 g/mol. The molecule has 0 amide bonds. The van der Waals surface area contributed by atoms with Gasteiger partial charge in [-0.3, -0.25) is 9.59 Å². The van der Waals surface area contributed by atoms with Crippen molar-refractivity contribution in [3.8, 4) is 0 Å². The molecule has 1 aromatic heterocycles. The number of aldehydes is 1. The van der Waals surface area contributed by atoms with Crippen molar-refractivity contribution in [3.63, 3.8) is 0 Å². The van der Waals surface area contributed by atoms with Gasteiger partial charge in [0.05, 0.1) is 4.88 Å². The Bertz CT molecular complexity index is 408. The number of hydrogen-bond acceptors (Lipinski definition) is 4. The van der Waals surface area contributed by atoms with Gasteiger partial charge in [0, 0.05) is 6.42 Å². The van der Waals surface area contributed by atoms with E-state index >= 15 is 0 Å². The van der Waals surface area contributed by atoms with Crippen molar-refractivity contribution in [1.29, 1.82) is 0 Å². The number of aryl methyl sites for hydroxylation is 1. The van der Waals surface area contributed by atoms with Gasteiger partial charge in [-0.25, -0.2) is 4.79 Å². The smallest absolute Gasteiger partial charge is 0.345 e. The summed E-state index contributed by atoms with van der Waals surface area (Å²) in [6.45, 7) is 3.49. The van der Waals surface area contributed by atoms with Crippen LogP contribution in [0.3, 0.4) is 0 Å². The number of carboxylic acid groups (broad SMARTS) is 2. The lowest BCUT2D eigenvalue weighted by atomic mass is 10.2. The third-order valence-electron chi connectivity index (χ3n) is 1.84. The molecule has 0 fully saturated rings. The Kier molecular flexibility index (Phi) is 6.81. The molecule has 0 radical (unpaired) electrons. The van der Waals surface area contributed by atoms with Crippen LogP contribution in [0.5, 0.6) is 0 Å². The van der Waals surface area contributed by atoms with Gasteiger partial charge in [0.25, 0.3) is 0 Å². The fourth-order valence-electron chi connectivity index (χ4n) is 0.924. The van der Waals surface area contributed by atoms with Crippen LogP contribution in [0.1, 0.15) is 45.2 Å². The number of rotatable bonds is 4. The molecule has 0 bridgehead atoms. The van der Waals surface area contributed by atoms with Gasteiger partial charge in [0.1, 0.15) is 4.88 Å². The molecule has 0 spiro atoms. The predicted octanol–water partition coefficient (Wildman–Crippen LogP) is 2.30. The second-order valence-electron chi connectivity index (χ2n) is 3.02. The lowest BCUT2D eigenvalue weighted by Crippen LogP contribution is -1.90. The van der Waals surface area contributed by atoms with E-state index in [2.05, 4.69) is 0 Å². The van der Waals surface area contributed by atoms with Crippen LogP contribution < -0.4 is 0 Å². The van der Waals surface area contributed by atoms with Crippen molar-refractivity contribution >= 4 is 29.6 Å². The first-order chi connectivity index (χ1) is 7.96. The van der Waals surface area contributed by atoms with Crippen molar-refractivity contribution in [2.75, 3.05) is 0 Å². The first-order valence-corrected chi connectivity index (χ1v) is 5.80. The van der Waals surface area contributed by atoms with E-state index in [0.29, 0.717) is 17.6 Å². The van der Waals surface area contributed by atoms with Crippen molar-refractivity contribution in [3.05, 3.63) is 21.4 Å². The zero-order valence-electron chi connectivity index (χ0n) is 9.60. The fraction of sp³-hybridized carbons (Fsp3) is 0.364. The maximum atomic E-state index is 10.5. The van der Waals surface area contributed by atoms with Crippen LogP contribution in [0.15, 0.2) is 6.07 Å². The molecule has 2 N–H and O–H groups in total. The van der Waals surface area contributed by atoms with Crippen LogP contribution >= 0.6 is 11.3 Å². The SMILES string of the molecule is CCC(=O)O.CCc1cc(C(=O)O)sc1C=O. The fourth-order valence-corrected chi connectivity index (χ4v) is 1.83. The molecule has 6 heteroatoms. The Morgan fingerprint density at radius 2 is 1.88 bits per heavy atom. The van der Waals surface area contributed by atoms with E-state index in [9.17, 15) is 14.4 Å². The summed E-state index contributed by atoms with van der Waals surface area (Å²) >= 11 is 1.02. The maximum absolute atomic E-state index is 10.5. The molecular weight excluding hydrogens is 244 g/mol. The summed E-state index contributed by atoms with van der Waals surface area (Å²) in [6, 6.07) is 1.55. The molecule has 17 heavy (non-hydrogen) atoms. The van der Waals surface area contributed by atoms with Crippen LogP contribution in [0, 0.1) is 0 Å². The van der Waals surface area contributed by atoms with Crippen LogP contribution in [0.4, 0.5) is 0 Å². The van der Waals surface area contributed by atoms with Gasteiger partial charge < -0.3 is 10.2 Å². The molecule has 1 rings (SSSR count). The van der Waals surface area contributed by atoms with E-state index in [1.165, 1.54) is 0 Å². The lowest BCUT2D eigenvalue weighted by molar-refractivity contribution is -0.136. The highest BCUT2D eigenvalue weighted by molar-refractivity contribution is 7.15. The second kappa shape index (κ2) is 7.56. The molecule has 0 unspecified atom stereocenters. The number of carbonyl (C=O) groups is 3. The summed E-state index contributed by atoms with van der Waals surface area (Å²) in [5.74, 6) is -1.71. The van der Waals surface area contributed by atoms with Gasteiger partial charge in [0.15, 0.2) is 6.29 Å². The predicted molar refractivity (Wildman–Crippen MR) is 64.0 cm³/mol. The molecule has 0 aliphatic heterocycles. The van der Waals surface area contributed by atoms with Crippen LogP contribution in [0.2, 0.25) is 0 Å². The zero-order valence-corrected chi connectivity index (χ0v) is 10.4. The number of carboxylic acids is 2. The quantitative estimate of drug-likeness (QED) is 0.808. The molecule has 0 atom stereocenters. The van der Waals surface area contributed by atoms with E-state index in [4.69, 9.17) is 10.2 Å². The Morgan fingerprint density at radius 3 is 2.12 bits per heavy atom. The van der Waals surface area contributed by atoms with E-state index in [-0.39, 0.29) is 11.3 Å². The topological polar surface area (TPSA) is 91.7 Å². The third-order valence-corrected chi connectivity index (χ3v) is 2.93. The molecular formula is C11H14O5S. The molecule has 1 heterocycles. The molecule has 94 valence electrons. The summed E-state index contributed by atoms with van der Waals surface area (Å²) in [5.41, 5.74) is 0.812. The first kappa shape index (κ1) is 15.3. The maximum Gasteiger partial charge on any atom is 0.345 e. The van der Waals surface area contributed by atoms with Crippen LogP contribution in [0.25, 0.3) is 0 Å². The van der Waals surface area contributed by atoms with Gasteiger partial charge in [-0.2, -0.15) is 0 Å². The van der Waals surface area contributed by atoms with Crippen LogP contribution in [-0.2, 0) is 11.2 Å². The third kappa shape index (κ3) is 5.26. The van der Waals surface area contributed by atoms with Gasteiger partial charge in [-0.05, 0) is 18.1 Å². The van der Waals surface area contributed by atoms with Crippen molar-refractivity contribution in [1.82, 2.24) is 0 Å². The summed E-state index contributed by atoms with van der Waals surface area (Å²) in [4.78, 5) is 31.1. The molecule has 0 saturated carbocycles. The highest BCUT2D eigenvalue weighted by Crippen LogP contribution is 2.21. The number of hydrogen-bond donors (Lipinski definition) is 2. The van der Waals surface area contributed by atoms with E-state index in [1.807, 2.05) is 6.92 Å². The largest absolute Gasteiger partial charge is 0.481 e. The number of aliphatic carboxylic acids is 1. The summed E-state index contributed by atoms with van der Waals surface area (Å²) in [6.07, 6.45) is 1.62. The van der Waals surface area contributed by atoms with E-state index in [0.717, 1.165) is 16.9 Å². The van der Waals surface area contributed by atoms with Gasteiger partial charge in [-0.15, -0.1) is 11.3 Å². The van der Waals surface area contributed by atoms with Crippen molar-refractivity contribution in [2.45, 2.75) is 26.7 Å². The minimum Gasteiger partial charge on any atom is -0.481 e. The van der Waals surface area contributed by atoms with Crippen molar-refractivity contribution in [2.24, 2.45) is 0 Å². The van der Waals surface area contributed by atoms with Gasteiger partial charge >= 0.3 is 11.9 Å². The Morgan fingerprint density at radius 1 is 1.35 bits per heavy atom. The molecule has 0 saturated heterocycles. The molecule has 5 nitrogen and oxygen atoms in total. The Labute approximate surface area is 103 Å². The first-order valence-electron chi connectivity index (χ1n) is 4.99. The van der Waals surface area contributed by atoms with E-state index < -0.39 is 11.9 Å². The minimum atomic E-state index is -0.970. The summed E-state index contributed by atoms with van der Waals surface area (Å²) in [7, 11) is 0. The van der Waals surface area contributed by atoms with Gasteiger partial charge in [0.2, 0.25) is 0 Å². The normalized spacial score (nSPS) is 9.06. The second-order valence-corrected chi connectivity index (χ2v) is 4.11. The standard InChI is InChI=1S/C8H8O3S.C3H6O2/c1-2-5-3-6(8(10)11)12-7(5)4-9;1-2-3(4)5/h3-4H,2H2,1H3,(H,10,11);2H2,1H3,(H,4,5). The highest BCUT2D eigenvalue weighted by Gasteiger charge is 2.11. The number of aromatic carboxylic acids is 1. The number of thiophene rings is 1. The van der Waals surface area contributed by atoms with Gasteiger partial charge in [-0.1, -0.05) is 13.8 Å². The number of carbonyl (C=O) groups excluding carboxylic acids is 1. The minimum absolute atomic E-state index is 0.222. The summed E-state index contributed by atoms with van der Waals surface area (Å²) < 4.78 is 0. The Balaban J connectivity index is 0.000000437. The lowest BCUT2D eigenvalue weighted by Gasteiger charge is -1.86.